The monoisotopic (exact) mass is 337 g/mol. The third kappa shape index (κ3) is 4.63. The molecule has 0 bridgehead atoms. The maximum atomic E-state index is 12.6. The minimum Gasteiger partial charge on any atom is -0.393 e. The van der Waals surface area contributed by atoms with Gasteiger partial charge in [0.2, 0.25) is 0 Å². The van der Waals surface area contributed by atoms with Gasteiger partial charge in [-0.25, -0.2) is 4.79 Å². The van der Waals surface area contributed by atoms with Gasteiger partial charge in [-0.2, -0.15) is 0 Å². The average Bonchev–Trinajstić information content (AvgIpc) is 2.63. The number of aliphatic hydroxyl groups excluding tert-OH is 1. The molecule has 0 aromatic rings. The number of nitrogens with one attached hydrogen (secondary N) is 1. The minimum atomic E-state index is -0.322. The Kier molecular flexibility index (Phi) is 6.39. The van der Waals surface area contributed by atoms with Gasteiger partial charge in [-0.05, 0) is 52.0 Å². The lowest BCUT2D eigenvalue weighted by molar-refractivity contribution is 0.0703. The van der Waals surface area contributed by atoms with E-state index in [-0.39, 0.29) is 18.1 Å². The van der Waals surface area contributed by atoms with Crippen molar-refractivity contribution in [1.82, 2.24) is 15.1 Å². The molecule has 0 aromatic heterocycles. The molecule has 1 aliphatic carbocycles. The van der Waals surface area contributed by atoms with Crippen molar-refractivity contribution in [3.8, 4) is 0 Å². The minimum absolute atomic E-state index is 0.0795. The number of likely N-dealkylation sites (tertiary alicyclic amines) is 2. The van der Waals surface area contributed by atoms with E-state index < -0.39 is 0 Å². The molecular formula is C19H35N3O2. The molecule has 0 spiro atoms. The maximum absolute atomic E-state index is 12.6. The van der Waals surface area contributed by atoms with Crippen LogP contribution in [0.25, 0.3) is 0 Å². The summed E-state index contributed by atoms with van der Waals surface area (Å²) < 4.78 is 0. The van der Waals surface area contributed by atoms with Gasteiger partial charge in [0.15, 0.2) is 0 Å². The van der Waals surface area contributed by atoms with Crippen molar-refractivity contribution in [2.45, 2.75) is 82.9 Å². The molecule has 24 heavy (non-hydrogen) atoms. The second kappa shape index (κ2) is 8.52. The molecule has 3 atom stereocenters. The number of amides is 2. The Labute approximate surface area is 146 Å². The normalized spacial score (nSPS) is 31.7. The van der Waals surface area contributed by atoms with E-state index in [2.05, 4.69) is 10.2 Å². The Hall–Kier alpha value is -0.810. The Morgan fingerprint density at radius 2 is 1.75 bits per heavy atom. The lowest BCUT2D eigenvalue weighted by atomic mass is 9.92. The summed E-state index contributed by atoms with van der Waals surface area (Å²) in [7, 11) is 0. The molecule has 0 radical (unpaired) electrons. The van der Waals surface area contributed by atoms with Crippen molar-refractivity contribution in [3.63, 3.8) is 0 Å². The van der Waals surface area contributed by atoms with Crippen molar-refractivity contribution >= 4 is 6.03 Å². The highest BCUT2D eigenvalue weighted by atomic mass is 16.3. The van der Waals surface area contributed by atoms with Gasteiger partial charge in [-0.1, -0.05) is 19.3 Å². The SMILES string of the molecule is CC(O)C1CCCN(C(=O)NC2CCCN(C3CCCCC3)C2)C1. The summed E-state index contributed by atoms with van der Waals surface area (Å²) in [5, 5.41) is 13.1. The zero-order valence-electron chi connectivity index (χ0n) is 15.3. The van der Waals surface area contributed by atoms with Crippen LogP contribution in [0.4, 0.5) is 4.79 Å². The third-order valence-corrected chi connectivity index (χ3v) is 6.30. The van der Waals surface area contributed by atoms with Crippen molar-refractivity contribution in [1.29, 1.82) is 0 Å². The van der Waals surface area contributed by atoms with E-state index >= 15 is 0 Å². The second-order valence-corrected chi connectivity index (χ2v) is 8.16. The second-order valence-electron chi connectivity index (χ2n) is 8.16. The van der Waals surface area contributed by atoms with Crippen LogP contribution in [0, 0.1) is 5.92 Å². The Bertz CT molecular complexity index is 409. The summed E-state index contributed by atoms with van der Waals surface area (Å²) in [6.07, 6.45) is 10.8. The van der Waals surface area contributed by atoms with Crippen LogP contribution in [0.15, 0.2) is 0 Å². The number of piperidine rings is 2. The number of aliphatic hydroxyl groups is 1. The summed E-state index contributed by atoms with van der Waals surface area (Å²) in [6.45, 7) is 5.58. The zero-order valence-corrected chi connectivity index (χ0v) is 15.3. The van der Waals surface area contributed by atoms with Crippen LogP contribution in [-0.4, -0.2) is 65.3 Å². The summed E-state index contributed by atoms with van der Waals surface area (Å²) in [5.41, 5.74) is 0. The van der Waals surface area contributed by atoms with E-state index in [1.807, 2.05) is 11.8 Å². The summed E-state index contributed by atoms with van der Waals surface area (Å²) in [5.74, 6) is 0.231. The zero-order chi connectivity index (χ0) is 16.9. The van der Waals surface area contributed by atoms with E-state index in [9.17, 15) is 9.90 Å². The molecule has 2 heterocycles. The standard InChI is InChI=1S/C19H35N3O2/c1-15(23)16-7-5-12-22(13-16)19(24)20-17-8-6-11-21(14-17)18-9-3-2-4-10-18/h15-18,23H,2-14H2,1H3,(H,20,24). The van der Waals surface area contributed by atoms with Crippen LogP contribution in [-0.2, 0) is 0 Å². The highest BCUT2D eigenvalue weighted by molar-refractivity contribution is 5.74. The van der Waals surface area contributed by atoms with Gasteiger partial charge in [0.05, 0.1) is 6.10 Å². The molecule has 5 heteroatoms. The van der Waals surface area contributed by atoms with E-state index in [1.54, 1.807) is 0 Å². The molecule has 2 amide bonds. The van der Waals surface area contributed by atoms with Gasteiger partial charge in [0.1, 0.15) is 0 Å². The fraction of sp³-hybridized carbons (Fsp3) is 0.947. The molecular weight excluding hydrogens is 302 g/mol. The molecule has 2 N–H and O–H groups in total. The highest BCUT2D eigenvalue weighted by Gasteiger charge is 2.30. The molecule has 3 rings (SSSR count). The molecule has 3 aliphatic rings. The van der Waals surface area contributed by atoms with E-state index in [0.717, 1.165) is 38.4 Å². The maximum Gasteiger partial charge on any atom is 0.317 e. The first kappa shape index (κ1) is 18.0. The van der Waals surface area contributed by atoms with Gasteiger partial charge in [-0.15, -0.1) is 0 Å². The quantitative estimate of drug-likeness (QED) is 0.832. The Balaban J connectivity index is 1.48. The first-order valence-electron chi connectivity index (χ1n) is 10.1. The van der Waals surface area contributed by atoms with Crippen LogP contribution in [0.5, 0.6) is 0 Å². The van der Waals surface area contributed by atoms with Gasteiger partial charge in [-0.3, -0.25) is 4.90 Å². The number of urea groups is 1. The number of carbonyl (C=O) groups excluding carboxylic acids is 1. The number of nitrogens with zero attached hydrogens (tertiary/aromatic N) is 2. The van der Waals surface area contributed by atoms with E-state index in [1.165, 1.54) is 45.1 Å². The smallest absolute Gasteiger partial charge is 0.317 e. The molecule has 2 saturated heterocycles. The van der Waals surface area contributed by atoms with Gasteiger partial charge >= 0.3 is 6.03 Å². The molecule has 138 valence electrons. The van der Waals surface area contributed by atoms with Crippen molar-refractivity contribution in [2.75, 3.05) is 26.2 Å². The van der Waals surface area contributed by atoms with Crippen LogP contribution < -0.4 is 5.32 Å². The van der Waals surface area contributed by atoms with Crippen molar-refractivity contribution in [3.05, 3.63) is 0 Å². The summed E-state index contributed by atoms with van der Waals surface area (Å²) in [4.78, 5) is 17.2. The summed E-state index contributed by atoms with van der Waals surface area (Å²) in [6, 6.07) is 1.11. The summed E-state index contributed by atoms with van der Waals surface area (Å²) >= 11 is 0. The van der Waals surface area contributed by atoms with E-state index in [0.29, 0.717) is 12.6 Å². The lowest BCUT2D eigenvalue weighted by Crippen LogP contribution is -2.55. The van der Waals surface area contributed by atoms with Crippen molar-refractivity contribution < 1.29 is 9.90 Å². The molecule has 3 fully saturated rings. The van der Waals surface area contributed by atoms with Crippen LogP contribution in [0.3, 0.4) is 0 Å². The predicted octanol–water partition coefficient (Wildman–Crippen LogP) is 2.59. The first-order chi connectivity index (χ1) is 11.6. The lowest BCUT2D eigenvalue weighted by Gasteiger charge is -2.41. The fourth-order valence-electron chi connectivity index (χ4n) is 4.76. The fourth-order valence-corrected chi connectivity index (χ4v) is 4.76. The molecule has 1 saturated carbocycles. The Morgan fingerprint density at radius 1 is 1.00 bits per heavy atom. The first-order valence-corrected chi connectivity index (χ1v) is 10.1. The number of hydrogen-bond donors (Lipinski definition) is 2. The topological polar surface area (TPSA) is 55.8 Å². The van der Waals surface area contributed by atoms with E-state index in [4.69, 9.17) is 0 Å². The van der Waals surface area contributed by atoms with Crippen LogP contribution >= 0.6 is 0 Å². The van der Waals surface area contributed by atoms with Gasteiger partial charge in [0.25, 0.3) is 0 Å². The third-order valence-electron chi connectivity index (χ3n) is 6.30. The largest absolute Gasteiger partial charge is 0.393 e. The average molecular weight is 338 g/mol. The number of rotatable bonds is 3. The predicted molar refractivity (Wildman–Crippen MR) is 96.0 cm³/mol. The number of carbonyl (C=O) groups is 1. The molecule has 5 nitrogen and oxygen atoms in total. The van der Waals surface area contributed by atoms with Crippen molar-refractivity contribution in [2.24, 2.45) is 5.92 Å². The number of hydrogen-bond acceptors (Lipinski definition) is 3. The Morgan fingerprint density at radius 3 is 2.50 bits per heavy atom. The van der Waals surface area contributed by atoms with Gasteiger partial charge in [0, 0.05) is 37.6 Å². The van der Waals surface area contributed by atoms with Crippen LogP contribution in [0.1, 0.15) is 64.7 Å². The highest BCUT2D eigenvalue weighted by Crippen LogP contribution is 2.25. The molecule has 2 aliphatic heterocycles. The van der Waals surface area contributed by atoms with Crippen LogP contribution in [0.2, 0.25) is 0 Å². The van der Waals surface area contributed by atoms with Gasteiger partial charge < -0.3 is 15.3 Å². The molecule has 3 unspecified atom stereocenters. The molecule has 0 aromatic carbocycles.